The number of benzene rings is 2. The number of halogens is 1. The molecule has 1 amide bonds. The van der Waals surface area contributed by atoms with E-state index in [2.05, 4.69) is 12.1 Å². The molecule has 0 aliphatic carbocycles. The van der Waals surface area contributed by atoms with E-state index in [-0.39, 0.29) is 23.4 Å². The molecule has 0 radical (unpaired) electrons. The standard InChI is InChI=1S/C20H22ClNO2S/c1-14-12-22(13-19(24-14)16-6-4-3-5-7-16)20(23)15(2)25-18-10-8-17(21)9-11-18/h3-11,14-15,19H,12-13H2,1-2H3. The van der Waals surface area contributed by atoms with Crippen LogP contribution in [0.5, 0.6) is 0 Å². The first-order chi connectivity index (χ1) is 12.0. The summed E-state index contributed by atoms with van der Waals surface area (Å²) in [6.45, 7) is 5.21. The molecule has 1 saturated heterocycles. The average molecular weight is 376 g/mol. The number of rotatable bonds is 4. The van der Waals surface area contributed by atoms with Crippen molar-refractivity contribution in [1.82, 2.24) is 4.90 Å². The molecule has 25 heavy (non-hydrogen) atoms. The molecular formula is C20H22ClNO2S. The Bertz CT molecular complexity index is 707. The zero-order valence-corrected chi connectivity index (χ0v) is 16.0. The van der Waals surface area contributed by atoms with Crippen molar-refractivity contribution in [3.63, 3.8) is 0 Å². The van der Waals surface area contributed by atoms with Crippen molar-refractivity contribution in [3.8, 4) is 0 Å². The van der Waals surface area contributed by atoms with Crippen molar-refractivity contribution >= 4 is 29.3 Å². The van der Waals surface area contributed by atoms with E-state index >= 15 is 0 Å². The summed E-state index contributed by atoms with van der Waals surface area (Å²) in [6, 6.07) is 17.7. The van der Waals surface area contributed by atoms with Crippen LogP contribution in [0.4, 0.5) is 0 Å². The van der Waals surface area contributed by atoms with Gasteiger partial charge in [-0.15, -0.1) is 11.8 Å². The Morgan fingerprint density at radius 3 is 2.52 bits per heavy atom. The van der Waals surface area contributed by atoms with Gasteiger partial charge < -0.3 is 9.64 Å². The maximum Gasteiger partial charge on any atom is 0.235 e. The van der Waals surface area contributed by atoms with Gasteiger partial charge in [0, 0.05) is 16.5 Å². The highest BCUT2D eigenvalue weighted by Crippen LogP contribution is 2.29. The summed E-state index contributed by atoms with van der Waals surface area (Å²) in [5, 5.41) is 0.555. The smallest absolute Gasteiger partial charge is 0.235 e. The molecule has 0 bridgehead atoms. The van der Waals surface area contributed by atoms with Gasteiger partial charge in [-0.05, 0) is 43.7 Å². The predicted molar refractivity (Wildman–Crippen MR) is 103 cm³/mol. The van der Waals surface area contributed by atoms with Gasteiger partial charge in [-0.25, -0.2) is 0 Å². The van der Waals surface area contributed by atoms with Crippen LogP contribution in [0.15, 0.2) is 59.5 Å². The molecule has 0 saturated carbocycles. The van der Waals surface area contributed by atoms with Gasteiger partial charge in [-0.1, -0.05) is 41.9 Å². The molecule has 1 aliphatic rings. The van der Waals surface area contributed by atoms with Crippen LogP contribution in [0.1, 0.15) is 25.5 Å². The number of amides is 1. The van der Waals surface area contributed by atoms with Crippen molar-refractivity contribution in [2.24, 2.45) is 0 Å². The van der Waals surface area contributed by atoms with Crippen molar-refractivity contribution in [2.75, 3.05) is 13.1 Å². The number of carbonyl (C=O) groups is 1. The quantitative estimate of drug-likeness (QED) is 0.718. The summed E-state index contributed by atoms with van der Waals surface area (Å²) in [4.78, 5) is 15.9. The molecule has 2 aromatic rings. The molecule has 0 spiro atoms. The summed E-state index contributed by atoms with van der Waals surface area (Å²) < 4.78 is 6.05. The second-order valence-corrected chi connectivity index (χ2v) is 8.15. The van der Waals surface area contributed by atoms with Gasteiger partial charge in [-0.3, -0.25) is 4.79 Å². The fourth-order valence-electron chi connectivity index (χ4n) is 3.01. The second-order valence-electron chi connectivity index (χ2n) is 6.30. The van der Waals surface area contributed by atoms with E-state index in [1.165, 1.54) is 0 Å². The molecule has 0 N–H and O–H groups in total. The first-order valence-electron chi connectivity index (χ1n) is 8.44. The molecule has 132 valence electrons. The summed E-state index contributed by atoms with van der Waals surface area (Å²) in [5.41, 5.74) is 1.12. The zero-order chi connectivity index (χ0) is 17.8. The van der Waals surface area contributed by atoms with Crippen molar-refractivity contribution in [3.05, 3.63) is 65.2 Å². The summed E-state index contributed by atoms with van der Waals surface area (Å²) in [7, 11) is 0. The third-order valence-electron chi connectivity index (χ3n) is 4.22. The average Bonchev–Trinajstić information content (AvgIpc) is 2.63. The highest BCUT2D eigenvalue weighted by molar-refractivity contribution is 8.00. The number of ether oxygens (including phenoxy) is 1. The maximum absolute atomic E-state index is 12.9. The van der Waals surface area contributed by atoms with E-state index < -0.39 is 0 Å². The van der Waals surface area contributed by atoms with Crippen LogP contribution in [0.3, 0.4) is 0 Å². The normalized spacial score (nSPS) is 21.8. The SMILES string of the molecule is CC1CN(C(=O)C(C)Sc2ccc(Cl)cc2)CC(c2ccccc2)O1. The number of thioether (sulfide) groups is 1. The molecule has 1 heterocycles. The lowest BCUT2D eigenvalue weighted by Gasteiger charge is -2.38. The van der Waals surface area contributed by atoms with Crippen LogP contribution in [-0.2, 0) is 9.53 Å². The minimum Gasteiger partial charge on any atom is -0.367 e. The number of carbonyl (C=O) groups excluding carboxylic acids is 1. The molecule has 5 heteroatoms. The molecule has 3 nitrogen and oxygen atoms in total. The van der Waals surface area contributed by atoms with E-state index in [0.717, 1.165) is 10.5 Å². The predicted octanol–water partition coefficient (Wildman–Crippen LogP) is 4.81. The first kappa shape index (κ1) is 18.3. The Balaban J connectivity index is 1.66. The summed E-state index contributed by atoms with van der Waals surface area (Å²) >= 11 is 7.49. The highest BCUT2D eigenvalue weighted by atomic mass is 35.5. The lowest BCUT2D eigenvalue weighted by molar-refractivity contribution is -0.144. The monoisotopic (exact) mass is 375 g/mol. The highest BCUT2D eigenvalue weighted by Gasteiger charge is 2.31. The molecule has 1 fully saturated rings. The summed E-state index contributed by atoms with van der Waals surface area (Å²) in [6.07, 6.45) is -0.0442. The molecule has 3 atom stereocenters. The van der Waals surface area contributed by atoms with Crippen LogP contribution in [-0.4, -0.2) is 35.3 Å². The molecule has 3 rings (SSSR count). The molecule has 3 unspecified atom stereocenters. The minimum absolute atomic E-state index is 0.0237. The Labute approximate surface area is 158 Å². The van der Waals surface area contributed by atoms with E-state index in [1.807, 2.05) is 61.2 Å². The fraction of sp³-hybridized carbons (Fsp3) is 0.350. The van der Waals surface area contributed by atoms with E-state index in [0.29, 0.717) is 18.1 Å². The van der Waals surface area contributed by atoms with Crippen LogP contribution >= 0.6 is 23.4 Å². The number of hydrogen-bond donors (Lipinski definition) is 0. The number of nitrogens with zero attached hydrogens (tertiary/aromatic N) is 1. The molecule has 2 aromatic carbocycles. The van der Waals surface area contributed by atoms with E-state index in [4.69, 9.17) is 16.3 Å². The van der Waals surface area contributed by atoms with Crippen molar-refractivity contribution in [2.45, 2.75) is 36.2 Å². The first-order valence-corrected chi connectivity index (χ1v) is 9.70. The van der Waals surface area contributed by atoms with Crippen molar-refractivity contribution in [1.29, 1.82) is 0 Å². The van der Waals surface area contributed by atoms with Gasteiger partial charge in [-0.2, -0.15) is 0 Å². The van der Waals surface area contributed by atoms with E-state index in [1.54, 1.807) is 11.8 Å². The van der Waals surface area contributed by atoms with Gasteiger partial charge in [0.25, 0.3) is 0 Å². The lowest BCUT2D eigenvalue weighted by Crippen LogP contribution is -2.48. The Kier molecular flexibility index (Phi) is 6.05. The van der Waals surface area contributed by atoms with Crippen LogP contribution < -0.4 is 0 Å². The van der Waals surface area contributed by atoms with Gasteiger partial charge in [0.2, 0.25) is 5.91 Å². The molecule has 1 aliphatic heterocycles. The van der Waals surface area contributed by atoms with Crippen LogP contribution in [0.2, 0.25) is 5.02 Å². The third-order valence-corrected chi connectivity index (χ3v) is 5.57. The van der Waals surface area contributed by atoms with Gasteiger partial charge in [0.05, 0.1) is 17.9 Å². The fourth-order valence-corrected chi connectivity index (χ4v) is 4.09. The Morgan fingerprint density at radius 2 is 1.84 bits per heavy atom. The molecule has 0 aromatic heterocycles. The topological polar surface area (TPSA) is 29.5 Å². The maximum atomic E-state index is 12.9. The minimum atomic E-state index is -0.150. The van der Waals surface area contributed by atoms with Crippen LogP contribution in [0.25, 0.3) is 0 Å². The second kappa shape index (κ2) is 8.26. The van der Waals surface area contributed by atoms with Gasteiger partial charge >= 0.3 is 0 Å². The Hall–Kier alpha value is -1.49. The van der Waals surface area contributed by atoms with Crippen molar-refractivity contribution < 1.29 is 9.53 Å². The zero-order valence-electron chi connectivity index (χ0n) is 14.4. The van der Waals surface area contributed by atoms with E-state index in [9.17, 15) is 4.79 Å². The largest absolute Gasteiger partial charge is 0.367 e. The van der Waals surface area contributed by atoms with Crippen LogP contribution in [0, 0.1) is 0 Å². The Morgan fingerprint density at radius 1 is 1.16 bits per heavy atom. The lowest BCUT2D eigenvalue weighted by atomic mass is 10.1. The molecular weight excluding hydrogens is 354 g/mol. The number of hydrogen-bond acceptors (Lipinski definition) is 3. The summed E-state index contributed by atoms with van der Waals surface area (Å²) in [5.74, 6) is 0.149. The third kappa shape index (κ3) is 4.78. The van der Waals surface area contributed by atoms with Gasteiger partial charge in [0.1, 0.15) is 6.10 Å². The number of morpholine rings is 1. The van der Waals surface area contributed by atoms with Gasteiger partial charge in [0.15, 0.2) is 0 Å².